The third kappa shape index (κ3) is 2.63. The standard InChI is InChI=1S/C14H11ClO3/c1-9-7-10(15)8-12(13(9)16)14(17)18-11-5-3-2-4-6-11/h2-8,16H,1H3. The number of aromatic hydroxyl groups is 1. The first kappa shape index (κ1) is 12.5. The van der Waals surface area contributed by atoms with Crippen molar-refractivity contribution in [1.29, 1.82) is 0 Å². The summed E-state index contributed by atoms with van der Waals surface area (Å²) in [5.74, 6) is -0.329. The van der Waals surface area contributed by atoms with Crippen molar-refractivity contribution in [3.63, 3.8) is 0 Å². The molecule has 1 N–H and O–H groups in total. The van der Waals surface area contributed by atoms with E-state index in [-0.39, 0.29) is 11.3 Å². The van der Waals surface area contributed by atoms with E-state index in [1.807, 2.05) is 6.07 Å². The minimum atomic E-state index is -0.635. The van der Waals surface area contributed by atoms with E-state index in [4.69, 9.17) is 16.3 Å². The second kappa shape index (κ2) is 5.10. The van der Waals surface area contributed by atoms with Crippen LogP contribution in [0, 0.1) is 6.92 Å². The lowest BCUT2D eigenvalue weighted by Crippen LogP contribution is -2.09. The summed E-state index contributed by atoms with van der Waals surface area (Å²) < 4.78 is 5.13. The Bertz CT molecular complexity index is 579. The quantitative estimate of drug-likeness (QED) is 0.665. The first-order chi connectivity index (χ1) is 8.58. The van der Waals surface area contributed by atoms with E-state index >= 15 is 0 Å². The summed E-state index contributed by atoms with van der Waals surface area (Å²) in [7, 11) is 0. The van der Waals surface area contributed by atoms with Crippen LogP contribution in [0.4, 0.5) is 0 Å². The van der Waals surface area contributed by atoms with Gasteiger partial charge in [0.05, 0.1) is 0 Å². The van der Waals surface area contributed by atoms with Crippen LogP contribution in [-0.4, -0.2) is 11.1 Å². The van der Waals surface area contributed by atoms with Gasteiger partial charge in [0.2, 0.25) is 0 Å². The van der Waals surface area contributed by atoms with Gasteiger partial charge in [0.25, 0.3) is 0 Å². The van der Waals surface area contributed by atoms with E-state index in [2.05, 4.69) is 0 Å². The summed E-state index contributed by atoms with van der Waals surface area (Å²) in [4.78, 5) is 11.9. The largest absolute Gasteiger partial charge is 0.507 e. The van der Waals surface area contributed by atoms with Gasteiger partial charge < -0.3 is 9.84 Å². The summed E-state index contributed by atoms with van der Waals surface area (Å²) in [6.45, 7) is 1.67. The lowest BCUT2D eigenvalue weighted by Gasteiger charge is -2.08. The molecule has 0 aliphatic heterocycles. The van der Waals surface area contributed by atoms with Crippen molar-refractivity contribution in [2.75, 3.05) is 0 Å². The number of carbonyl (C=O) groups excluding carboxylic acids is 1. The maximum absolute atomic E-state index is 11.9. The zero-order valence-corrected chi connectivity index (χ0v) is 10.4. The third-order valence-electron chi connectivity index (χ3n) is 2.44. The zero-order valence-electron chi connectivity index (χ0n) is 9.68. The van der Waals surface area contributed by atoms with Crippen molar-refractivity contribution in [3.05, 3.63) is 58.6 Å². The summed E-state index contributed by atoms with van der Waals surface area (Å²) in [6.07, 6.45) is 0. The van der Waals surface area contributed by atoms with Gasteiger partial charge in [-0.25, -0.2) is 4.79 Å². The summed E-state index contributed by atoms with van der Waals surface area (Å²) >= 11 is 5.85. The Morgan fingerprint density at radius 2 is 1.89 bits per heavy atom. The first-order valence-electron chi connectivity index (χ1n) is 5.34. The summed E-state index contributed by atoms with van der Waals surface area (Å²) in [6, 6.07) is 11.6. The number of hydrogen-bond donors (Lipinski definition) is 1. The molecule has 0 radical (unpaired) electrons. The topological polar surface area (TPSA) is 46.5 Å². The normalized spacial score (nSPS) is 10.1. The molecular formula is C14H11ClO3. The Hall–Kier alpha value is -2.00. The maximum atomic E-state index is 11.9. The lowest BCUT2D eigenvalue weighted by molar-refractivity contribution is 0.0731. The molecule has 4 heteroatoms. The Balaban J connectivity index is 2.30. The molecule has 0 fully saturated rings. The van der Waals surface area contributed by atoms with E-state index in [1.54, 1.807) is 37.3 Å². The van der Waals surface area contributed by atoms with Crippen LogP contribution in [0.25, 0.3) is 0 Å². The van der Waals surface area contributed by atoms with Crippen LogP contribution in [0.2, 0.25) is 5.02 Å². The molecule has 0 saturated carbocycles. The average Bonchev–Trinajstić information content (AvgIpc) is 2.35. The van der Waals surface area contributed by atoms with Gasteiger partial charge in [-0.05, 0) is 36.8 Å². The second-order valence-electron chi connectivity index (χ2n) is 3.82. The van der Waals surface area contributed by atoms with Crippen molar-refractivity contribution < 1.29 is 14.6 Å². The molecular weight excluding hydrogens is 252 g/mol. The number of hydrogen-bond acceptors (Lipinski definition) is 3. The molecule has 2 rings (SSSR count). The van der Waals surface area contributed by atoms with Crippen LogP contribution in [0.15, 0.2) is 42.5 Å². The first-order valence-corrected chi connectivity index (χ1v) is 5.72. The molecule has 2 aromatic carbocycles. The number of phenolic OH excluding ortho intramolecular Hbond substituents is 1. The highest BCUT2D eigenvalue weighted by molar-refractivity contribution is 6.31. The highest BCUT2D eigenvalue weighted by atomic mass is 35.5. The fourth-order valence-electron chi connectivity index (χ4n) is 1.54. The van der Waals surface area contributed by atoms with Gasteiger partial charge in [0.15, 0.2) is 0 Å². The van der Waals surface area contributed by atoms with Crippen LogP contribution in [0.3, 0.4) is 0 Å². The van der Waals surface area contributed by atoms with Gasteiger partial charge in [-0.1, -0.05) is 29.8 Å². The number of carbonyl (C=O) groups is 1. The van der Waals surface area contributed by atoms with Gasteiger partial charge in [-0.2, -0.15) is 0 Å². The van der Waals surface area contributed by atoms with Crippen molar-refractivity contribution in [2.24, 2.45) is 0 Å². The molecule has 0 aromatic heterocycles. The summed E-state index contributed by atoms with van der Waals surface area (Å²) in [5, 5.41) is 10.2. The Kier molecular flexibility index (Phi) is 3.53. The fourth-order valence-corrected chi connectivity index (χ4v) is 1.81. The fraction of sp³-hybridized carbons (Fsp3) is 0.0714. The number of halogens is 1. The number of aryl methyl sites for hydroxylation is 1. The smallest absolute Gasteiger partial charge is 0.347 e. The molecule has 3 nitrogen and oxygen atoms in total. The number of esters is 1. The van der Waals surface area contributed by atoms with Crippen LogP contribution < -0.4 is 4.74 Å². The minimum Gasteiger partial charge on any atom is -0.507 e. The third-order valence-corrected chi connectivity index (χ3v) is 2.66. The van der Waals surface area contributed by atoms with Gasteiger partial charge in [-0.15, -0.1) is 0 Å². The maximum Gasteiger partial charge on any atom is 0.347 e. The van der Waals surface area contributed by atoms with E-state index in [1.165, 1.54) is 6.07 Å². The Morgan fingerprint density at radius 3 is 2.56 bits per heavy atom. The zero-order chi connectivity index (χ0) is 13.1. The molecule has 0 amide bonds. The van der Waals surface area contributed by atoms with Gasteiger partial charge in [-0.3, -0.25) is 0 Å². The van der Waals surface area contributed by atoms with Gasteiger partial charge >= 0.3 is 5.97 Å². The number of para-hydroxylation sites is 1. The highest BCUT2D eigenvalue weighted by Crippen LogP contribution is 2.27. The van der Waals surface area contributed by atoms with Crippen molar-refractivity contribution in [1.82, 2.24) is 0 Å². The Morgan fingerprint density at radius 1 is 1.22 bits per heavy atom. The van der Waals surface area contributed by atoms with E-state index < -0.39 is 5.97 Å². The highest BCUT2D eigenvalue weighted by Gasteiger charge is 2.16. The van der Waals surface area contributed by atoms with E-state index in [9.17, 15) is 9.90 Å². The molecule has 0 unspecified atom stereocenters. The van der Waals surface area contributed by atoms with E-state index in [0.717, 1.165) is 0 Å². The average molecular weight is 263 g/mol. The molecule has 18 heavy (non-hydrogen) atoms. The van der Waals surface area contributed by atoms with Gasteiger partial charge in [0.1, 0.15) is 17.1 Å². The van der Waals surface area contributed by atoms with E-state index in [0.29, 0.717) is 16.3 Å². The van der Waals surface area contributed by atoms with Crippen molar-refractivity contribution in [3.8, 4) is 11.5 Å². The molecule has 2 aromatic rings. The predicted octanol–water partition coefficient (Wildman–Crippen LogP) is 3.57. The lowest BCUT2D eigenvalue weighted by atomic mass is 10.1. The molecule has 0 spiro atoms. The van der Waals surface area contributed by atoms with Crippen LogP contribution in [0.1, 0.15) is 15.9 Å². The number of phenols is 1. The van der Waals surface area contributed by atoms with Crippen LogP contribution in [0.5, 0.6) is 11.5 Å². The molecule has 0 atom stereocenters. The van der Waals surface area contributed by atoms with Crippen molar-refractivity contribution >= 4 is 17.6 Å². The second-order valence-corrected chi connectivity index (χ2v) is 4.26. The van der Waals surface area contributed by atoms with Gasteiger partial charge in [0, 0.05) is 5.02 Å². The molecule has 92 valence electrons. The number of rotatable bonds is 2. The molecule has 0 saturated heterocycles. The molecule has 0 heterocycles. The molecule has 0 aliphatic carbocycles. The van der Waals surface area contributed by atoms with Crippen molar-refractivity contribution in [2.45, 2.75) is 6.92 Å². The molecule has 0 bridgehead atoms. The molecule has 0 aliphatic rings. The van der Waals surface area contributed by atoms with Crippen LogP contribution >= 0.6 is 11.6 Å². The Labute approximate surface area is 110 Å². The number of ether oxygens (including phenoxy) is 1. The monoisotopic (exact) mass is 262 g/mol. The number of benzene rings is 2. The predicted molar refractivity (Wildman–Crippen MR) is 69.3 cm³/mol. The minimum absolute atomic E-state index is 0.0591. The van der Waals surface area contributed by atoms with Crippen LogP contribution in [-0.2, 0) is 0 Å². The SMILES string of the molecule is Cc1cc(Cl)cc(C(=O)Oc2ccccc2)c1O. The summed E-state index contributed by atoms with van der Waals surface area (Å²) in [5.41, 5.74) is 0.589.